The van der Waals surface area contributed by atoms with Crippen LogP contribution in [-0.4, -0.2) is 96.9 Å². The summed E-state index contributed by atoms with van der Waals surface area (Å²) in [6.07, 6.45) is -4.11. The van der Waals surface area contributed by atoms with Crippen LogP contribution in [0.5, 0.6) is 11.5 Å². The second kappa shape index (κ2) is 12.3. The van der Waals surface area contributed by atoms with Gasteiger partial charge in [-0.05, 0) is 50.1 Å². The first-order valence-corrected chi connectivity index (χ1v) is 13.5. The highest BCUT2D eigenvalue weighted by molar-refractivity contribution is 6.32. The minimum Gasteiger partial charge on any atom is -0.506 e. The summed E-state index contributed by atoms with van der Waals surface area (Å²) in [6, 6.07) is 8.25. The Balaban J connectivity index is 1.57. The molecule has 7 nitrogen and oxygen atoms in total. The van der Waals surface area contributed by atoms with Crippen molar-refractivity contribution in [2.24, 2.45) is 0 Å². The maximum atomic E-state index is 14.0. The van der Waals surface area contributed by atoms with Crippen LogP contribution in [0.15, 0.2) is 36.4 Å². The molecule has 0 spiro atoms. The number of nitrogens with zero attached hydrogens (tertiary/aromatic N) is 3. The van der Waals surface area contributed by atoms with Crippen LogP contribution in [0.4, 0.5) is 13.2 Å². The van der Waals surface area contributed by atoms with Crippen molar-refractivity contribution in [2.45, 2.75) is 44.7 Å². The average Bonchev–Trinajstić information content (AvgIpc) is 2.88. The molecule has 2 aromatic carbocycles. The number of carbonyl (C=O) groups excluding carboxylic acids is 1. The zero-order valence-electron chi connectivity index (χ0n) is 22.4. The molecule has 2 heterocycles. The summed E-state index contributed by atoms with van der Waals surface area (Å²) in [4.78, 5) is 19.8. The van der Waals surface area contributed by atoms with Crippen molar-refractivity contribution in [3.8, 4) is 11.5 Å². The largest absolute Gasteiger partial charge is 0.506 e. The smallest absolute Gasteiger partial charge is 0.420 e. The average molecular weight is 570 g/mol. The van der Waals surface area contributed by atoms with E-state index < -0.39 is 29.3 Å². The van der Waals surface area contributed by atoms with Gasteiger partial charge in [-0.25, -0.2) is 0 Å². The molecule has 0 saturated carbocycles. The number of morpholine rings is 1. The fourth-order valence-corrected chi connectivity index (χ4v) is 5.72. The van der Waals surface area contributed by atoms with Crippen LogP contribution < -0.4 is 4.74 Å². The molecule has 4 rings (SSSR count). The number of phenolic OH excluding ortho intramolecular Hbond substituents is 1. The van der Waals surface area contributed by atoms with Gasteiger partial charge in [0.05, 0.1) is 29.9 Å². The number of benzene rings is 2. The minimum atomic E-state index is -4.76. The predicted molar refractivity (Wildman–Crippen MR) is 143 cm³/mol. The van der Waals surface area contributed by atoms with Gasteiger partial charge in [-0.15, -0.1) is 0 Å². The number of methoxy groups -OCH3 is 1. The van der Waals surface area contributed by atoms with Gasteiger partial charge in [0.15, 0.2) is 0 Å². The second-order valence-electron chi connectivity index (χ2n) is 10.3. The fraction of sp³-hybridized carbons (Fsp3) is 0.536. The molecule has 2 aliphatic heterocycles. The van der Waals surface area contributed by atoms with Gasteiger partial charge in [0.25, 0.3) is 5.91 Å². The first kappa shape index (κ1) is 29.5. The lowest BCUT2D eigenvalue weighted by Gasteiger charge is -2.43. The highest BCUT2D eigenvalue weighted by Gasteiger charge is 2.41. The predicted octanol–water partition coefficient (Wildman–Crippen LogP) is 4.55. The SMILES string of the molecule is COc1cccc(C(=O)N2CCN(CCN3C[C@@H](C)O[C@@H](C)C3)C[C@H]2Cc2ccc(Cl)c(O)c2)c1C(F)(F)F. The van der Waals surface area contributed by atoms with Crippen LogP contribution in [0.25, 0.3) is 0 Å². The zero-order valence-corrected chi connectivity index (χ0v) is 23.1. The van der Waals surface area contributed by atoms with Crippen molar-refractivity contribution < 1.29 is 32.5 Å². The summed E-state index contributed by atoms with van der Waals surface area (Å²) in [6.45, 7) is 8.67. The number of hydrogen-bond acceptors (Lipinski definition) is 6. The van der Waals surface area contributed by atoms with E-state index in [4.69, 9.17) is 21.1 Å². The van der Waals surface area contributed by atoms with Gasteiger partial charge in [0.2, 0.25) is 0 Å². The molecule has 214 valence electrons. The lowest BCUT2D eigenvalue weighted by molar-refractivity contribution is -0.139. The Labute approximate surface area is 232 Å². The molecule has 11 heteroatoms. The Morgan fingerprint density at radius 1 is 1.08 bits per heavy atom. The second-order valence-corrected chi connectivity index (χ2v) is 10.7. The molecule has 1 amide bonds. The van der Waals surface area contributed by atoms with Crippen molar-refractivity contribution in [1.29, 1.82) is 0 Å². The number of ether oxygens (including phenoxy) is 2. The summed E-state index contributed by atoms with van der Waals surface area (Å²) >= 11 is 5.98. The van der Waals surface area contributed by atoms with E-state index in [1.807, 2.05) is 0 Å². The van der Waals surface area contributed by atoms with E-state index in [9.17, 15) is 23.1 Å². The molecule has 0 aliphatic carbocycles. The maximum Gasteiger partial charge on any atom is 0.420 e. The Morgan fingerprint density at radius 2 is 1.77 bits per heavy atom. The summed E-state index contributed by atoms with van der Waals surface area (Å²) in [7, 11) is 1.16. The molecule has 2 saturated heterocycles. The summed E-state index contributed by atoms with van der Waals surface area (Å²) in [5.41, 5.74) is -0.770. The van der Waals surface area contributed by atoms with E-state index in [2.05, 4.69) is 23.6 Å². The number of rotatable bonds is 7. The van der Waals surface area contributed by atoms with Crippen molar-refractivity contribution in [1.82, 2.24) is 14.7 Å². The van der Waals surface area contributed by atoms with Gasteiger partial charge in [-0.2, -0.15) is 13.2 Å². The van der Waals surface area contributed by atoms with E-state index in [1.54, 1.807) is 12.1 Å². The highest BCUT2D eigenvalue weighted by Crippen LogP contribution is 2.39. The third kappa shape index (κ3) is 7.16. The third-order valence-corrected chi connectivity index (χ3v) is 7.62. The molecule has 1 N–H and O–H groups in total. The van der Waals surface area contributed by atoms with E-state index in [0.717, 1.165) is 38.9 Å². The van der Waals surface area contributed by atoms with Gasteiger partial charge in [0.1, 0.15) is 17.1 Å². The molecule has 0 aromatic heterocycles. The zero-order chi connectivity index (χ0) is 28.3. The van der Waals surface area contributed by atoms with Crippen LogP contribution in [0.2, 0.25) is 5.02 Å². The van der Waals surface area contributed by atoms with Gasteiger partial charge >= 0.3 is 6.18 Å². The molecule has 0 unspecified atom stereocenters. The summed E-state index contributed by atoms with van der Waals surface area (Å²) < 4.78 is 52.9. The van der Waals surface area contributed by atoms with Gasteiger partial charge in [-0.1, -0.05) is 23.7 Å². The minimum absolute atomic E-state index is 0.0811. The van der Waals surface area contributed by atoms with Crippen LogP contribution >= 0.6 is 11.6 Å². The number of phenols is 1. The molecule has 2 aromatic rings. The maximum absolute atomic E-state index is 14.0. The molecule has 0 bridgehead atoms. The molecule has 3 atom stereocenters. The van der Waals surface area contributed by atoms with Gasteiger partial charge < -0.3 is 19.5 Å². The van der Waals surface area contributed by atoms with Crippen LogP contribution in [-0.2, 0) is 17.3 Å². The van der Waals surface area contributed by atoms with E-state index in [-0.39, 0.29) is 35.3 Å². The van der Waals surface area contributed by atoms with Crippen LogP contribution in [0.3, 0.4) is 0 Å². The number of hydrogen-bond donors (Lipinski definition) is 1. The number of amides is 1. The summed E-state index contributed by atoms with van der Waals surface area (Å²) in [5, 5.41) is 10.3. The molecule has 0 radical (unpaired) electrons. The molecule has 39 heavy (non-hydrogen) atoms. The first-order valence-electron chi connectivity index (χ1n) is 13.1. The van der Waals surface area contributed by atoms with Gasteiger partial charge in [0, 0.05) is 51.9 Å². The Hall–Kier alpha value is -2.53. The number of alkyl halides is 3. The Morgan fingerprint density at radius 3 is 2.41 bits per heavy atom. The highest BCUT2D eigenvalue weighted by atomic mass is 35.5. The standard InChI is InChI=1S/C28H35ClF3N3O4/c1-18-15-34(16-19(2)39-18)10-9-33-11-12-35(21(17-33)13-20-7-8-23(29)24(36)14-20)27(37)22-5-4-6-25(38-3)26(22)28(30,31)32/h4-8,14,18-19,21,36H,9-13,15-17H2,1-3H3/t18-,19+,21-/m1/s1. The number of piperazine rings is 1. The molecule has 2 aliphatic rings. The van der Waals surface area contributed by atoms with E-state index in [1.165, 1.54) is 29.2 Å². The summed E-state index contributed by atoms with van der Waals surface area (Å²) in [5.74, 6) is -1.16. The van der Waals surface area contributed by atoms with Gasteiger partial charge in [-0.3, -0.25) is 14.6 Å². The number of halogens is 4. The number of carbonyl (C=O) groups is 1. The van der Waals surface area contributed by atoms with Crippen molar-refractivity contribution >= 4 is 17.5 Å². The Bertz CT molecular complexity index is 1160. The first-order chi connectivity index (χ1) is 18.5. The lowest BCUT2D eigenvalue weighted by atomic mass is 9.98. The van der Waals surface area contributed by atoms with E-state index >= 15 is 0 Å². The lowest BCUT2D eigenvalue weighted by Crippen LogP contribution is -2.57. The number of aromatic hydroxyl groups is 1. The monoisotopic (exact) mass is 569 g/mol. The molecule has 2 fully saturated rings. The van der Waals surface area contributed by atoms with Crippen molar-refractivity contribution in [3.05, 3.63) is 58.1 Å². The Kier molecular flexibility index (Phi) is 9.31. The van der Waals surface area contributed by atoms with E-state index in [0.29, 0.717) is 19.5 Å². The normalized spacial score (nSPS) is 23.2. The third-order valence-electron chi connectivity index (χ3n) is 7.30. The fourth-order valence-electron chi connectivity index (χ4n) is 5.60. The van der Waals surface area contributed by atoms with Crippen molar-refractivity contribution in [2.75, 3.05) is 52.9 Å². The topological polar surface area (TPSA) is 65.5 Å². The quantitative estimate of drug-likeness (QED) is 0.528. The molecular formula is C28H35ClF3N3O4. The van der Waals surface area contributed by atoms with Crippen LogP contribution in [0.1, 0.15) is 35.3 Å². The molecular weight excluding hydrogens is 535 g/mol. The van der Waals surface area contributed by atoms with Crippen molar-refractivity contribution in [3.63, 3.8) is 0 Å². The van der Waals surface area contributed by atoms with Crippen LogP contribution in [0, 0.1) is 0 Å².